The molecular weight excluding hydrogens is 398 g/mol. The first-order valence-corrected chi connectivity index (χ1v) is 9.62. The Morgan fingerprint density at radius 1 is 0.833 bits per heavy atom. The van der Waals surface area contributed by atoms with Gasteiger partial charge in [0.15, 0.2) is 5.11 Å². The van der Waals surface area contributed by atoms with Crippen molar-refractivity contribution in [2.75, 3.05) is 10.2 Å². The third-order valence-electron chi connectivity index (χ3n) is 4.72. The maximum atomic E-state index is 12.6. The summed E-state index contributed by atoms with van der Waals surface area (Å²) in [5.41, 5.74) is 3.43. The van der Waals surface area contributed by atoms with E-state index in [0.29, 0.717) is 28.1 Å². The highest BCUT2D eigenvalue weighted by Gasteiger charge is 2.36. The van der Waals surface area contributed by atoms with E-state index >= 15 is 0 Å². The summed E-state index contributed by atoms with van der Waals surface area (Å²) < 4.78 is 0. The minimum atomic E-state index is -0.350. The molecule has 3 aromatic rings. The normalized spacial score (nSPS) is 12.5. The summed E-state index contributed by atoms with van der Waals surface area (Å²) in [4.78, 5) is 38.5. The number of imide groups is 1. The lowest BCUT2D eigenvalue weighted by atomic mass is 10.1. The number of carbonyl (C=O) groups is 3. The van der Waals surface area contributed by atoms with Crippen LogP contribution in [0.15, 0.2) is 72.8 Å². The second-order valence-corrected chi connectivity index (χ2v) is 7.22. The number of nitrogens with one attached hydrogen (secondary N) is 2. The highest BCUT2D eigenvalue weighted by atomic mass is 32.1. The maximum absolute atomic E-state index is 12.6. The molecule has 4 rings (SSSR count). The molecule has 0 unspecified atom stereocenters. The van der Waals surface area contributed by atoms with E-state index in [-0.39, 0.29) is 22.8 Å². The number of benzene rings is 3. The first-order chi connectivity index (χ1) is 14.4. The van der Waals surface area contributed by atoms with Gasteiger partial charge in [-0.2, -0.15) is 0 Å². The van der Waals surface area contributed by atoms with Crippen molar-refractivity contribution in [1.29, 1.82) is 0 Å². The first kappa shape index (κ1) is 19.5. The molecule has 0 atom stereocenters. The standard InChI is InChI=1S/C23H17N3O3S/c1-14-6-8-15(9-7-14)20(27)25-23(30)24-16-10-12-17(13-11-16)26-21(28)18-4-2-3-5-19(18)22(26)29/h2-13H,1H3,(H2,24,25,27,30). The third kappa shape index (κ3) is 3.70. The SMILES string of the molecule is Cc1ccc(C(=O)NC(=S)Nc2ccc(N3C(=O)c4ccccc4C3=O)cc2)cc1. The van der Waals surface area contributed by atoms with E-state index in [4.69, 9.17) is 12.2 Å². The van der Waals surface area contributed by atoms with Crippen LogP contribution >= 0.6 is 12.2 Å². The zero-order chi connectivity index (χ0) is 21.3. The molecule has 0 radical (unpaired) electrons. The summed E-state index contributed by atoms with van der Waals surface area (Å²) >= 11 is 5.20. The Labute approximate surface area is 178 Å². The molecule has 0 fully saturated rings. The van der Waals surface area contributed by atoms with Gasteiger partial charge in [0.1, 0.15) is 0 Å². The van der Waals surface area contributed by atoms with Gasteiger partial charge in [-0.25, -0.2) is 4.90 Å². The van der Waals surface area contributed by atoms with Crippen LogP contribution in [0.2, 0.25) is 0 Å². The molecule has 3 aromatic carbocycles. The molecule has 6 nitrogen and oxygen atoms in total. The molecule has 1 heterocycles. The highest BCUT2D eigenvalue weighted by molar-refractivity contribution is 7.80. The van der Waals surface area contributed by atoms with Crippen LogP contribution in [0.4, 0.5) is 11.4 Å². The number of amides is 3. The van der Waals surface area contributed by atoms with Crippen LogP contribution in [0, 0.1) is 6.92 Å². The molecule has 30 heavy (non-hydrogen) atoms. The summed E-state index contributed by atoms with van der Waals surface area (Å²) in [6.45, 7) is 1.94. The molecule has 3 amide bonds. The number of nitrogens with zero attached hydrogens (tertiary/aromatic N) is 1. The van der Waals surface area contributed by atoms with Crippen LogP contribution in [0.5, 0.6) is 0 Å². The minimum Gasteiger partial charge on any atom is -0.332 e. The lowest BCUT2D eigenvalue weighted by Gasteiger charge is -2.15. The summed E-state index contributed by atoms with van der Waals surface area (Å²) in [6.07, 6.45) is 0. The van der Waals surface area contributed by atoms with Crippen LogP contribution in [-0.4, -0.2) is 22.8 Å². The predicted octanol–water partition coefficient (Wildman–Crippen LogP) is 3.92. The molecule has 0 saturated carbocycles. The fourth-order valence-electron chi connectivity index (χ4n) is 3.16. The van der Waals surface area contributed by atoms with E-state index in [0.717, 1.165) is 10.5 Å². The molecule has 2 N–H and O–H groups in total. The summed E-state index contributed by atoms with van der Waals surface area (Å²) in [7, 11) is 0. The van der Waals surface area contributed by atoms with Crippen LogP contribution < -0.4 is 15.5 Å². The van der Waals surface area contributed by atoms with E-state index in [2.05, 4.69) is 10.6 Å². The van der Waals surface area contributed by atoms with Gasteiger partial charge in [0.25, 0.3) is 17.7 Å². The van der Waals surface area contributed by atoms with Crippen molar-refractivity contribution in [2.24, 2.45) is 0 Å². The third-order valence-corrected chi connectivity index (χ3v) is 4.92. The molecule has 0 aromatic heterocycles. The van der Waals surface area contributed by atoms with Crippen molar-refractivity contribution in [3.63, 3.8) is 0 Å². The van der Waals surface area contributed by atoms with Gasteiger partial charge in [0, 0.05) is 11.3 Å². The van der Waals surface area contributed by atoms with Gasteiger partial charge in [0.2, 0.25) is 0 Å². The number of hydrogen-bond donors (Lipinski definition) is 2. The first-order valence-electron chi connectivity index (χ1n) is 9.21. The van der Waals surface area contributed by atoms with Gasteiger partial charge < -0.3 is 5.32 Å². The number of hydrogen-bond acceptors (Lipinski definition) is 4. The quantitative estimate of drug-likeness (QED) is 0.501. The molecule has 1 aliphatic heterocycles. The van der Waals surface area contributed by atoms with Gasteiger partial charge in [-0.05, 0) is 67.7 Å². The molecule has 1 aliphatic rings. The van der Waals surface area contributed by atoms with Crippen molar-refractivity contribution in [3.05, 3.63) is 95.1 Å². The van der Waals surface area contributed by atoms with E-state index in [1.807, 2.05) is 19.1 Å². The predicted molar refractivity (Wildman–Crippen MR) is 119 cm³/mol. The Morgan fingerprint density at radius 3 is 1.97 bits per heavy atom. The second-order valence-electron chi connectivity index (χ2n) is 6.81. The number of aryl methyl sites for hydroxylation is 1. The molecule has 0 saturated heterocycles. The van der Waals surface area contributed by atoms with Crippen LogP contribution in [0.1, 0.15) is 36.6 Å². The molecule has 0 aliphatic carbocycles. The molecule has 0 bridgehead atoms. The monoisotopic (exact) mass is 415 g/mol. The van der Waals surface area contributed by atoms with Crippen molar-refractivity contribution < 1.29 is 14.4 Å². The van der Waals surface area contributed by atoms with Crippen LogP contribution in [-0.2, 0) is 0 Å². The van der Waals surface area contributed by atoms with E-state index in [1.54, 1.807) is 60.7 Å². The average molecular weight is 415 g/mol. The molecule has 7 heteroatoms. The average Bonchev–Trinajstić information content (AvgIpc) is 3.00. The molecule has 148 valence electrons. The Kier molecular flexibility index (Phi) is 5.12. The van der Waals surface area contributed by atoms with Gasteiger partial charge in [-0.15, -0.1) is 0 Å². The smallest absolute Gasteiger partial charge is 0.266 e. The fraction of sp³-hybridized carbons (Fsp3) is 0.0435. The van der Waals surface area contributed by atoms with Gasteiger partial charge in [0.05, 0.1) is 16.8 Å². The van der Waals surface area contributed by atoms with E-state index in [9.17, 15) is 14.4 Å². The summed E-state index contributed by atoms with van der Waals surface area (Å²) in [5, 5.41) is 5.69. The van der Waals surface area contributed by atoms with Crippen molar-refractivity contribution >= 4 is 46.4 Å². The van der Waals surface area contributed by atoms with E-state index in [1.165, 1.54) is 0 Å². The topological polar surface area (TPSA) is 78.5 Å². The zero-order valence-electron chi connectivity index (χ0n) is 16.0. The lowest BCUT2D eigenvalue weighted by molar-refractivity contribution is 0.0923. The lowest BCUT2D eigenvalue weighted by Crippen LogP contribution is -2.34. The Hall–Kier alpha value is -3.84. The van der Waals surface area contributed by atoms with E-state index < -0.39 is 0 Å². The maximum Gasteiger partial charge on any atom is 0.266 e. The van der Waals surface area contributed by atoms with Gasteiger partial charge >= 0.3 is 0 Å². The largest absolute Gasteiger partial charge is 0.332 e. The minimum absolute atomic E-state index is 0.147. The van der Waals surface area contributed by atoms with Crippen LogP contribution in [0.3, 0.4) is 0 Å². The number of rotatable bonds is 3. The Morgan fingerprint density at radius 2 is 1.40 bits per heavy atom. The number of thiocarbonyl (C=S) groups is 1. The Bertz CT molecular complexity index is 1140. The molecular formula is C23H17N3O3S. The zero-order valence-corrected chi connectivity index (χ0v) is 16.8. The van der Waals surface area contributed by atoms with Crippen molar-refractivity contribution in [3.8, 4) is 0 Å². The van der Waals surface area contributed by atoms with Crippen molar-refractivity contribution in [1.82, 2.24) is 5.32 Å². The van der Waals surface area contributed by atoms with Gasteiger partial charge in [-0.3, -0.25) is 19.7 Å². The fourth-order valence-corrected chi connectivity index (χ4v) is 3.37. The summed E-state index contributed by atoms with van der Waals surface area (Å²) in [6, 6.07) is 20.6. The number of fused-ring (bicyclic) bond motifs is 1. The second kappa shape index (κ2) is 7.88. The Balaban J connectivity index is 1.42. The van der Waals surface area contributed by atoms with Crippen molar-refractivity contribution in [2.45, 2.75) is 6.92 Å². The van der Waals surface area contributed by atoms with Gasteiger partial charge in [-0.1, -0.05) is 29.8 Å². The molecule has 0 spiro atoms. The number of carbonyl (C=O) groups excluding carboxylic acids is 3. The van der Waals surface area contributed by atoms with Crippen LogP contribution in [0.25, 0.3) is 0 Å². The highest BCUT2D eigenvalue weighted by Crippen LogP contribution is 2.28. The number of anilines is 2. The summed E-state index contributed by atoms with van der Waals surface area (Å²) in [5.74, 6) is -1.01.